The van der Waals surface area contributed by atoms with Crippen LogP contribution in [-0.4, -0.2) is 4.57 Å². The summed E-state index contributed by atoms with van der Waals surface area (Å²) in [4.78, 5) is 4.88. The average Bonchev–Trinajstić information content (AvgIpc) is 3.84. The molecule has 0 saturated heterocycles. The third-order valence-electron chi connectivity index (χ3n) is 12.6. The highest BCUT2D eigenvalue weighted by Gasteiger charge is 2.35. The third kappa shape index (κ3) is 5.89. The van der Waals surface area contributed by atoms with E-state index in [-0.39, 0.29) is 0 Å². The molecular formula is C58H41N3. The van der Waals surface area contributed by atoms with E-state index in [0.29, 0.717) is 5.92 Å². The highest BCUT2D eigenvalue weighted by atomic mass is 15.2. The smallest absolute Gasteiger partial charge is 0.0547 e. The fourth-order valence-corrected chi connectivity index (χ4v) is 9.80. The zero-order valence-electron chi connectivity index (χ0n) is 33.6. The van der Waals surface area contributed by atoms with Gasteiger partial charge in [-0.1, -0.05) is 146 Å². The minimum absolute atomic E-state index is 0.290. The second kappa shape index (κ2) is 14.4. The van der Waals surface area contributed by atoms with Crippen LogP contribution in [0.15, 0.2) is 236 Å². The summed E-state index contributed by atoms with van der Waals surface area (Å²) < 4.78 is 2.41. The zero-order chi connectivity index (χ0) is 40.3. The number of aromatic nitrogens is 1. The van der Waals surface area contributed by atoms with Crippen LogP contribution in [0.25, 0.3) is 60.5 Å². The second-order valence-corrected chi connectivity index (χ2v) is 16.1. The van der Waals surface area contributed by atoms with Gasteiger partial charge in [0.15, 0.2) is 0 Å². The lowest BCUT2D eigenvalue weighted by Crippen LogP contribution is -2.14. The fourth-order valence-electron chi connectivity index (χ4n) is 9.80. The first-order valence-corrected chi connectivity index (χ1v) is 21.2. The molecule has 3 heteroatoms. The van der Waals surface area contributed by atoms with Gasteiger partial charge in [-0.05, 0) is 124 Å². The summed E-state index contributed by atoms with van der Waals surface area (Å²) in [5.41, 5.74) is 16.8. The van der Waals surface area contributed by atoms with Crippen molar-refractivity contribution in [1.82, 2.24) is 4.57 Å². The van der Waals surface area contributed by atoms with Crippen molar-refractivity contribution in [1.29, 1.82) is 0 Å². The number of hydrogen-bond donors (Lipinski definition) is 0. The molecule has 0 N–H and O–H groups in total. The monoisotopic (exact) mass is 779 g/mol. The summed E-state index contributed by atoms with van der Waals surface area (Å²) in [6, 6.07) is 77.6. The van der Waals surface area contributed by atoms with E-state index in [0.717, 1.165) is 29.2 Å². The Morgan fingerprint density at radius 1 is 0.459 bits per heavy atom. The Kier molecular flexibility index (Phi) is 8.31. The number of para-hydroxylation sites is 3. The maximum atomic E-state index is 2.44. The van der Waals surface area contributed by atoms with E-state index in [4.69, 9.17) is 0 Å². The normalized spacial score (nSPS) is 14.3. The molecule has 61 heavy (non-hydrogen) atoms. The maximum Gasteiger partial charge on any atom is 0.0547 e. The van der Waals surface area contributed by atoms with Crippen molar-refractivity contribution in [3.63, 3.8) is 0 Å². The lowest BCUT2D eigenvalue weighted by molar-refractivity contribution is 0.819. The topological polar surface area (TPSA) is 11.4 Å². The first-order chi connectivity index (χ1) is 30.3. The summed E-state index contributed by atoms with van der Waals surface area (Å²) in [6.07, 6.45) is 7.78. The van der Waals surface area contributed by atoms with Gasteiger partial charge in [0.05, 0.1) is 16.7 Å². The lowest BCUT2D eigenvalue weighted by atomic mass is 9.91. The van der Waals surface area contributed by atoms with Gasteiger partial charge in [-0.15, -0.1) is 0 Å². The van der Waals surface area contributed by atoms with Crippen molar-refractivity contribution in [3.8, 4) is 27.9 Å². The molecule has 1 atom stereocenters. The Hall–Kier alpha value is -7.88. The van der Waals surface area contributed by atoms with Crippen LogP contribution in [0.5, 0.6) is 0 Å². The highest BCUT2D eigenvalue weighted by Crippen LogP contribution is 2.53. The molecule has 2 aliphatic rings. The van der Waals surface area contributed by atoms with Gasteiger partial charge in [-0.3, -0.25) is 0 Å². The van der Waals surface area contributed by atoms with Crippen molar-refractivity contribution < 1.29 is 0 Å². The van der Waals surface area contributed by atoms with E-state index in [2.05, 4.69) is 245 Å². The van der Waals surface area contributed by atoms with Gasteiger partial charge >= 0.3 is 0 Å². The molecule has 1 aliphatic heterocycles. The minimum atomic E-state index is 0.290. The van der Waals surface area contributed by atoms with Gasteiger partial charge < -0.3 is 14.4 Å². The molecule has 1 aliphatic carbocycles. The molecule has 9 aromatic carbocycles. The molecule has 0 radical (unpaired) electrons. The largest absolute Gasteiger partial charge is 0.313 e. The van der Waals surface area contributed by atoms with Crippen LogP contribution in [0.1, 0.15) is 17.9 Å². The zero-order valence-corrected chi connectivity index (χ0v) is 33.6. The fraction of sp³-hybridized carbons (Fsp3) is 0.0345. The van der Waals surface area contributed by atoms with Crippen molar-refractivity contribution in [3.05, 3.63) is 242 Å². The Morgan fingerprint density at radius 3 is 1.92 bits per heavy atom. The summed E-state index contributed by atoms with van der Waals surface area (Å²) in [7, 11) is 0. The molecule has 12 rings (SSSR count). The number of nitrogens with zero attached hydrogens (tertiary/aromatic N) is 3. The van der Waals surface area contributed by atoms with E-state index < -0.39 is 0 Å². The van der Waals surface area contributed by atoms with Crippen LogP contribution in [0, 0.1) is 0 Å². The molecule has 1 unspecified atom stereocenters. The quantitative estimate of drug-likeness (QED) is 0.160. The first kappa shape index (κ1) is 35.1. The number of hydrogen-bond acceptors (Lipinski definition) is 2. The van der Waals surface area contributed by atoms with Gasteiger partial charge in [0.25, 0.3) is 0 Å². The molecule has 10 aromatic rings. The molecule has 0 spiro atoms. The number of fused-ring (bicyclic) bond motifs is 7. The summed E-state index contributed by atoms with van der Waals surface area (Å²) >= 11 is 0. The summed E-state index contributed by atoms with van der Waals surface area (Å²) in [5.74, 6) is 0.290. The van der Waals surface area contributed by atoms with Crippen molar-refractivity contribution in [2.75, 3.05) is 9.80 Å². The first-order valence-electron chi connectivity index (χ1n) is 21.2. The maximum absolute atomic E-state index is 2.44. The van der Waals surface area contributed by atoms with Crippen LogP contribution in [0.2, 0.25) is 0 Å². The number of benzene rings is 9. The van der Waals surface area contributed by atoms with Gasteiger partial charge in [0.1, 0.15) is 0 Å². The number of rotatable bonds is 7. The van der Waals surface area contributed by atoms with Crippen LogP contribution in [0.4, 0.5) is 28.4 Å². The average molecular weight is 780 g/mol. The Bertz CT molecular complexity index is 3320. The number of allylic oxidation sites excluding steroid dienone is 4. The van der Waals surface area contributed by atoms with E-state index in [9.17, 15) is 0 Å². The number of anilines is 5. The molecule has 288 valence electrons. The molecule has 0 fully saturated rings. The van der Waals surface area contributed by atoms with Crippen molar-refractivity contribution in [2.45, 2.75) is 12.3 Å². The molecule has 0 bridgehead atoms. The highest BCUT2D eigenvalue weighted by molar-refractivity contribution is 6.13. The summed E-state index contributed by atoms with van der Waals surface area (Å²) in [6.45, 7) is 0. The molecule has 1 aromatic heterocycles. The van der Waals surface area contributed by atoms with Gasteiger partial charge in [0, 0.05) is 56.4 Å². The lowest BCUT2D eigenvalue weighted by Gasteiger charge is -2.29. The Balaban J connectivity index is 0.945. The minimum Gasteiger partial charge on any atom is -0.313 e. The standard InChI is InChI=1S/C58H41N3/c1-3-15-42(16-4-1)49-21-9-12-24-54(49)59(48-35-36-57-53(39-48)51-23-11-13-25-55(51)60(57)45-19-5-2-6-20-45)46-31-27-40(28-32-46)41-29-33-47(34-30-41)61-56-26-14-10-22-50(56)52-37-43-17-7-8-18-44(43)38-58(52)61/h1-22,24-39,51H,23H2. The third-order valence-corrected chi connectivity index (χ3v) is 12.6. The van der Waals surface area contributed by atoms with Gasteiger partial charge in [0.2, 0.25) is 0 Å². The molecule has 0 amide bonds. The van der Waals surface area contributed by atoms with E-state index in [1.54, 1.807) is 0 Å². The van der Waals surface area contributed by atoms with Crippen molar-refractivity contribution in [2.24, 2.45) is 0 Å². The Labute approximate surface area is 356 Å². The molecular weight excluding hydrogens is 739 g/mol. The van der Waals surface area contributed by atoms with Crippen molar-refractivity contribution >= 4 is 61.0 Å². The van der Waals surface area contributed by atoms with Gasteiger partial charge in [-0.2, -0.15) is 0 Å². The predicted molar refractivity (Wildman–Crippen MR) is 257 cm³/mol. The molecule has 2 heterocycles. The van der Waals surface area contributed by atoms with Crippen LogP contribution < -0.4 is 9.80 Å². The summed E-state index contributed by atoms with van der Waals surface area (Å²) in [5, 5.41) is 5.05. The second-order valence-electron chi connectivity index (χ2n) is 16.1. The molecule has 0 saturated carbocycles. The van der Waals surface area contributed by atoms with Crippen LogP contribution in [-0.2, 0) is 0 Å². The predicted octanol–water partition coefficient (Wildman–Crippen LogP) is 15.8. The van der Waals surface area contributed by atoms with E-state index >= 15 is 0 Å². The SMILES string of the molecule is C1=CCC2C(=C1)N(c1ccccc1)c1ccc(N(c3ccc(-c4ccc(-n5c6ccccc6c6cc7ccccc7cc65)cc4)cc3)c3ccccc3-c3ccccc3)cc12. The van der Waals surface area contributed by atoms with Crippen LogP contribution in [0.3, 0.4) is 0 Å². The Morgan fingerprint density at radius 2 is 1.11 bits per heavy atom. The van der Waals surface area contributed by atoms with E-state index in [1.807, 2.05) is 0 Å². The van der Waals surface area contributed by atoms with Crippen LogP contribution >= 0.6 is 0 Å². The van der Waals surface area contributed by atoms with Gasteiger partial charge in [-0.25, -0.2) is 0 Å². The van der Waals surface area contributed by atoms with E-state index in [1.165, 1.54) is 77.5 Å². The molecule has 3 nitrogen and oxygen atoms in total.